The summed E-state index contributed by atoms with van der Waals surface area (Å²) in [6.07, 6.45) is 0. The van der Waals surface area contributed by atoms with E-state index >= 15 is 0 Å². The molecule has 1 aromatic carbocycles. The fourth-order valence-electron chi connectivity index (χ4n) is 1.36. The summed E-state index contributed by atoms with van der Waals surface area (Å²) in [5.41, 5.74) is 7.56. The minimum absolute atomic E-state index is 0.139. The number of nitrogens with zero attached hydrogens (tertiary/aromatic N) is 1. The molecule has 0 aliphatic heterocycles. The molecule has 78 valence electrons. The van der Waals surface area contributed by atoms with Crippen LogP contribution in [-0.4, -0.2) is 24.8 Å². The van der Waals surface area contributed by atoms with Gasteiger partial charge in [0.2, 0.25) is 0 Å². The first kappa shape index (κ1) is 11.3. The SMILES string of the molecule is CCN(CCO)c1cc(Br)ccc1N. The van der Waals surface area contributed by atoms with Gasteiger partial charge in [-0.15, -0.1) is 0 Å². The van der Waals surface area contributed by atoms with Gasteiger partial charge in [-0.25, -0.2) is 0 Å². The molecule has 0 aliphatic carbocycles. The van der Waals surface area contributed by atoms with Crippen molar-refractivity contribution in [3.63, 3.8) is 0 Å². The lowest BCUT2D eigenvalue weighted by Crippen LogP contribution is -2.26. The zero-order chi connectivity index (χ0) is 10.6. The van der Waals surface area contributed by atoms with Crippen molar-refractivity contribution in [2.75, 3.05) is 30.3 Å². The minimum Gasteiger partial charge on any atom is -0.397 e. The molecule has 4 heteroatoms. The van der Waals surface area contributed by atoms with E-state index in [-0.39, 0.29) is 6.61 Å². The Hall–Kier alpha value is -0.740. The average molecular weight is 259 g/mol. The Morgan fingerprint density at radius 1 is 1.50 bits per heavy atom. The molecule has 0 fully saturated rings. The number of likely N-dealkylation sites (N-methyl/N-ethyl adjacent to an activating group) is 1. The van der Waals surface area contributed by atoms with Crippen molar-refractivity contribution in [3.8, 4) is 0 Å². The summed E-state index contributed by atoms with van der Waals surface area (Å²) >= 11 is 3.40. The summed E-state index contributed by atoms with van der Waals surface area (Å²) in [6.45, 7) is 3.62. The van der Waals surface area contributed by atoms with E-state index < -0.39 is 0 Å². The van der Waals surface area contributed by atoms with Crippen molar-refractivity contribution in [1.29, 1.82) is 0 Å². The Labute approximate surface area is 92.7 Å². The average Bonchev–Trinajstić information content (AvgIpc) is 2.18. The van der Waals surface area contributed by atoms with E-state index in [1.54, 1.807) is 0 Å². The second-order valence-electron chi connectivity index (χ2n) is 3.01. The van der Waals surface area contributed by atoms with E-state index in [2.05, 4.69) is 15.9 Å². The largest absolute Gasteiger partial charge is 0.397 e. The number of nitrogen functional groups attached to an aromatic ring is 1. The molecule has 0 aromatic heterocycles. The second-order valence-corrected chi connectivity index (χ2v) is 3.92. The van der Waals surface area contributed by atoms with E-state index in [0.29, 0.717) is 6.54 Å². The molecule has 1 rings (SSSR count). The quantitative estimate of drug-likeness (QED) is 0.811. The first-order valence-corrected chi connectivity index (χ1v) is 5.39. The molecule has 0 saturated carbocycles. The van der Waals surface area contributed by atoms with Gasteiger partial charge < -0.3 is 15.7 Å². The third-order valence-electron chi connectivity index (χ3n) is 2.08. The van der Waals surface area contributed by atoms with Crippen molar-refractivity contribution in [2.24, 2.45) is 0 Å². The highest BCUT2D eigenvalue weighted by Crippen LogP contribution is 2.26. The standard InChI is InChI=1S/C10H15BrN2O/c1-2-13(5-6-14)10-7-8(11)3-4-9(10)12/h3-4,7,14H,2,5-6,12H2,1H3. The Bertz CT molecular complexity index is 304. The number of nitrogens with two attached hydrogens (primary N) is 1. The molecular formula is C10H15BrN2O. The molecule has 0 unspecified atom stereocenters. The van der Waals surface area contributed by atoms with Crippen molar-refractivity contribution >= 4 is 27.3 Å². The summed E-state index contributed by atoms with van der Waals surface area (Å²) in [7, 11) is 0. The Morgan fingerprint density at radius 2 is 2.21 bits per heavy atom. The fourth-order valence-corrected chi connectivity index (χ4v) is 1.71. The van der Waals surface area contributed by atoms with Crippen LogP contribution in [0.25, 0.3) is 0 Å². The lowest BCUT2D eigenvalue weighted by atomic mass is 10.2. The number of halogens is 1. The van der Waals surface area contributed by atoms with Crippen LogP contribution in [0.4, 0.5) is 11.4 Å². The van der Waals surface area contributed by atoms with Gasteiger partial charge >= 0.3 is 0 Å². The normalized spacial score (nSPS) is 10.2. The number of aliphatic hydroxyl groups is 1. The number of aliphatic hydroxyl groups excluding tert-OH is 1. The smallest absolute Gasteiger partial charge is 0.0611 e. The van der Waals surface area contributed by atoms with Gasteiger partial charge in [-0.2, -0.15) is 0 Å². The summed E-state index contributed by atoms with van der Waals surface area (Å²) < 4.78 is 0.998. The van der Waals surface area contributed by atoms with Crippen LogP contribution in [0.5, 0.6) is 0 Å². The summed E-state index contributed by atoms with van der Waals surface area (Å²) in [5.74, 6) is 0. The van der Waals surface area contributed by atoms with Gasteiger partial charge in [0.15, 0.2) is 0 Å². The third kappa shape index (κ3) is 2.62. The topological polar surface area (TPSA) is 49.5 Å². The van der Waals surface area contributed by atoms with E-state index in [1.165, 1.54) is 0 Å². The lowest BCUT2D eigenvalue weighted by Gasteiger charge is -2.23. The van der Waals surface area contributed by atoms with Crippen molar-refractivity contribution in [1.82, 2.24) is 0 Å². The van der Waals surface area contributed by atoms with Crippen LogP contribution >= 0.6 is 15.9 Å². The van der Waals surface area contributed by atoms with E-state index in [0.717, 1.165) is 22.4 Å². The first-order chi connectivity index (χ1) is 6.69. The molecule has 0 bridgehead atoms. The number of rotatable bonds is 4. The third-order valence-corrected chi connectivity index (χ3v) is 2.58. The van der Waals surface area contributed by atoms with Gasteiger partial charge in [-0.1, -0.05) is 15.9 Å². The van der Waals surface area contributed by atoms with Crippen LogP contribution in [0.15, 0.2) is 22.7 Å². The predicted molar refractivity (Wildman–Crippen MR) is 63.5 cm³/mol. The lowest BCUT2D eigenvalue weighted by molar-refractivity contribution is 0.302. The van der Waals surface area contributed by atoms with Crippen LogP contribution in [0.1, 0.15) is 6.92 Å². The zero-order valence-electron chi connectivity index (χ0n) is 8.20. The fraction of sp³-hybridized carbons (Fsp3) is 0.400. The first-order valence-electron chi connectivity index (χ1n) is 4.60. The molecule has 14 heavy (non-hydrogen) atoms. The molecule has 0 heterocycles. The molecule has 0 saturated heterocycles. The minimum atomic E-state index is 0.139. The predicted octanol–water partition coefficient (Wildman–Crippen LogP) is 1.85. The van der Waals surface area contributed by atoms with Crippen molar-refractivity contribution < 1.29 is 5.11 Å². The molecule has 1 aromatic rings. The van der Waals surface area contributed by atoms with Crippen LogP contribution in [0.3, 0.4) is 0 Å². The summed E-state index contributed by atoms with van der Waals surface area (Å²) in [6, 6.07) is 5.74. The summed E-state index contributed by atoms with van der Waals surface area (Å²) in [4.78, 5) is 2.04. The molecule has 0 radical (unpaired) electrons. The van der Waals surface area contributed by atoms with Gasteiger partial charge in [-0.3, -0.25) is 0 Å². The van der Waals surface area contributed by atoms with Crippen LogP contribution in [-0.2, 0) is 0 Å². The van der Waals surface area contributed by atoms with Crippen LogP contribution in [0, 0.1) is 0 Å². The van der Waals surface area contributed by atoms with Crippen LogP contribution < -0.4 is 10.6 Å². The highest BCUT2D eigenvalue weighted by atomic mass is 79.9. The van der Waals surface area contributed by atoms with E-state index in [1.807, 2.05) is 30.0 Å². The Kier molecular flexibility index (Phi) is 4.22. The zero-order valence-corrected chi connectivity index (χ0v) is 9.79. The maximum Gasteiger partial charge on any atom is 0.0611 e. The van der Waals surface area contributed by atoms with Crippen molar-refractivity contribution in [3.05, 3.63) is 22.7 Å². The molecule has 0 atom stereocenters. The summed E-state index contributed by atoms with van der Waals surface area (Å²) in [5, 5.41) is 8.90. The molecule has 0 aliphatic rings. The maximum atomic E-state index is 8.90. The Morgan fingerprint density at radius 3 is 2.79 bits per heavy atom. The van der Waals surface area contributed by atoms with Gasteiger partial charge in [0.25, 0.3) is 0 Å². The molecule has 0 amide bonds. The monoisotopic (exact) mass is 258 g/mol. The number of hydrogen-bond acceptors (Lipinski definition) is 3. The van der Waals surface area contributed by atoms with E-state index in [9.17, 15) is 0 Å². The number of anilines is 2. The number of hydrogen-bond donors (Lipinski definition) is 2. The van der Waals surface area contributed by atoms with E-state index in [4.69, 9.17) is 10.8 Å². The van der Waals surface area contributed by atoms with Crippen LogP contribution in [0.2, 0.25) is 0 Å². The van der Waals surface area contributed by atoms with Gasteiger partial charge in [-0.05, 0) is 25.1 Å². The highest BCUT2D eigenvalue weighted by Gasteiger charge is 2.07. The highest BCUT2D eigenvalue weighted by molar-refractivity contribution is 9.10. The van der Waals surface area contributed by atoms with Crippen molar-refractivity contribution in [2.45, 2.75) is 6.92 Å². The Balaban J connectivity index is 2.96. The maximum absolute atomic E-state index is 8.90. The molecule has 3 nitrogen and oxygen atoms in total. The van der Waals surface area contributed by atoms with Gasteiger partial charge in [0.05, 0.1) is 18.0 Å². The number of benzene rings is 1. The van der Waals surface area contributed by atoms with Gasteiger partial charge in [0.1, 0.15) is 0 Å². The van der Waals surface area contributed by atoms with Gasteiger partial charge in [0, 0.05) is 17.6 Å². The second kappa shape index (κ2) is 5.22. The molecule has 3 N–H and O–H groups in total. The molecular weight excluding hydrogens is 244 g/mol. The molecule has 0 spiro atoms.